The van der Waals surface area contributed by atoms with Crippen LogP contribution < -0.4 is 0 Å². The third kappa shape index (κ3) is 4.09. The second-order valence-electron chi connectivity index (χ2n) is 7.79. The lowest BCUT2D eigenvalue weighted by Gasteiger charge is -2.34. The highest BCUT2D eigenvalue weighted by molar-refractivity contribution is 5.96. The molecule has 29 heavy (non-hydrogen) atoms. The monoisotopic (exact) mass is 400 g/mol. The fourth-order valence-corrected chi connectivity index (χ4v) is 4.25. The predicted octanol–water partition coefficient (Wildman–Crippen LogP) is 1.35. The maximum Gasteiger partial charge on any atom is 0.289 e. The van der Waals surface area contributed by atoms with Crippen LogP contribution in [-0.2, 0) is 7.05 Å². The molecule has 1 N–H and O–H groups in total. The maximum absolute atomic E-state index is 12.8. The molecule has 0 aromatic carbocycles. The van der Waals surface area contributed by atoms with Crippen LogP contribution in [0.4, 0.5) is 0 Å². The number of rotatable bonds is 5. The number of amides is 2. The van der Waals surface area contributed by atoms with Crippen molar-refractivity contribution in [3.05, 3.63) is 47.7 Å². The quantitative estimate of drug-likeness (QED) is 0.819. The van der Waals surface area contributed by atoms with E-state index < -0.39 is 6.10 Å². The molecule has 0 radical (unpaired) electrons. The van der Waals surface area contributed by atoms with E-state index >= 15 is 0 Å². The number of aliphatic hydroxyl groups excluding tert-OH is 1. The average molecular weight is 400 g/mol. The van der Waals surface area contributed by atoms with Gasteiger partial charge in [-0.2, -0.15) is 0 Å². The van der Waals surface area contributed by atoms with Gasteiger partial charge in [-0.25, -0.2) is 0 Å². The van der Waals surface area contributed by atoms with Gasteiger partial charge in [0.2, 0.25) is 0 Å². The van der Waals surface area contributed by atoms with E-state index in [0.717, 1.165) is 31.7 Å². The van der Waals surface area contributed by atoms with E-state index in [2.05, 4.69) is 4.90 Å². The number of aromatic nitrogens is 1. The number of aryl methyl sites for hydroxylation is 1. The Morgan fingerprint density at radius 1 is 1.17 bits per heavy atom. The highest BCUT2D eigenvalue weighted by Crippen LogP contribution is 2.27. The molecule has 2 amide bonds. The molecule has 0 bridgehead atoms. The summed E-state index contributed by atoms with van der Waals surface area (Å²) in [5.41, 5.74) is 1.33. The van der Waals surface area contributed by atoms with Crippen LogP contribution in [0.1, 0.15) is 45.6 Å². The van der Waals surface area contributed by atoms with Gasteiger partial charge in [0.15, 0.2) is 5.76 Å². The SMILES string of the molecule is Cn1ccc2c1C(O)CCN(CCCN1CCN(C(=O)c3ccco3)CC1)C2=O. The van der Waals surface area contributed by atoms with E-state index in [1.165, 1.54) is 6.26 Å². The van der Waals surface area contributed by atoms with Crippen molar-refractivity contribution >= 4 is 11.8 Å². The van der Waals surface area contributed by atoms with Crippen molar-refractivity contribution in [2.75, 3.05) is 45.8 Å². The molecule has 156 valence electrons. The number of carbonyl (C=O) groups is 2. The standard InChI is InChI=1S/C21H28N4O4/c1-22-9-5-16-19(22)17(26)6-10-24(20(16)27)8-3-7-23-11-13-25(14-12-23)21(28)18-4-2-15-29-18/h2,4-5,9,15,17,26H,3,6-8,10-14H2,1H3. The summed E-state index contributed by atoms with van der Waals surface area (Å²) in [5.74, 6) is 0.341. The van der Waals surface area contributed by atoms with Gasteiger partial charge in [0, 0.05) is 52.5 Å². The first-order valence-corrected chi connectivity index (χ1v) is 10.2. The third-order valence-corrected chi connectivity index (χ3v) is 5.92. The molecule has 8 nitrogen and oxygen atoms in total. The largest absolute Gasteiger partial charge is 0.459 e. The first-order valence-electron chi connectivity index (χ1n) is 10.2. The fraction of sp³-hybridized carbons (Fsp3) is 0.524. The van der Waals surface area contributed by atoms with Gasteiger partial charge in [-0.1, -0.05) is 0 Å². The van der Waals surface area contributed by atoms with E-state index in [1.54, 1.807) is 18.2 Å². The van der Waals surface area contributed by atoms with Gasteiger partial charge in [0.1, 0.15) is 0 Å². The minimum Gasteiger partial charge on any atom is -0.459 e. The Kier molecular flexibility index (Phi) is 5.73. The molecule has 1 atom stereocenters. The molecule has 2 aromatic heterocycles. The van der Waals surface area contributed by atoms with E-state index in [-0.39, 0.29) is 11.8 Å². The summed E-state index contributed by atoms with van der Waals surface area (Å²) in [5, 5.41) is 10.4. The van der Waals surface area contributed by atoms with Gasteiger partial charge in [-0.05, 0) is 37.6 Å². The molecule has 2 aliphatic heterocycles. The van der Waals surface area contributed by atoms with Gasteiger partial charge in [0.05, 0.1) is 23.6 Å². The first-order chi connectivity index (χ1) is 14.0. The van der Waals surface area contributed by atoms with Crippen LogP contribution in [0.3, 0.4) is 0 Å². The normalized spacial score (nSPS) is 20.6. The van der Waals surface area contributed by atoms with Crippen molar-refractivity contribution in [2.45, 2.75) is 18.9 Å². The summed E-state index contributed by atoms with van der Waals surface area (Å²) in [4.78, 5) is 31.2. The van der Waals surface area contributed by atoms with Crippen molar-refractivity contribution in [3.8, 4) is 0 Å². The minimum atomic E-state index is -0.598. The highest BCUT2D eigenvalue weighted by atomic mass is 16.3. The Morgan fingerprint density at radius 3 is 2.69 bits per heavy atom. The molecule has 2 aromatic rings. The van der Waals surface area contributed by atoms with Crippen LogP contribution in [0.5, 0.6) is 0 Å². The lowest BCUT2D eigenvalue weighted by atomic mass is 10.1. The van der Waals surface area contributed by atoms with Crippen molar-refractivity contribution in [1.29, 1.82) is 0 Å². The second-order valence-corrected chi connectivity index (χ2v) is 7.79. The molecule has 4 rings (SSSR count). The highest BCUT2D eigenvalue weighted by Gasteiger charge is 2.29. The molecule has 1 unspecified atom stereocenters. The molecule has 0 aliphatic carbocycles. The smallest absolute Gasteiger partial charge is 0.289 e. The number of furan rings is 1. The van der Waals surface area contributed by atoms with Crippen molar-refractivity contribution in [1.82, 2.24) is 19.3 Å². The number of nitrogens with zero attached hydrogens (tertiary/aromatic N) is 4. The van der Waals surface area contributed by atoms with Crippen molar-refractivity contribution in [3.63, 3.8) is 0 Å². The molecule has 0 spiro atoms. The Labute approximate surface area is 170 Å². The summed E-state index contributed by atoms with van der Waals surface area (Å²) in [7, 11) is 1.86. The zero-order chi connectivity index (χ0) is 20.4. The van der Waals surface area contributed by atoms with Crippen LogP contribution in [-0.4, -0.2) is 82.0 Å². The summed E-state index contributed by atoms with van der Waals surface area (Å²) < 4.78 is 7.04. The molecule has 4 heterocycles. The lowest BCUT2D eigenvalue weighted by Crippen LogP contribution is -2.49. The zero-order valence-electron chi connectivity index (χ0n) is 16.8. The average Bonchev–Trinajstić information content (AvgIpc) is 3.37. The van der Waals surface area contributed by atoms with Crippen LogP contribution in [0.25, 0.3) is 0 Å². The van der Waals surface area contributed by atoms with Crippen molar-refractivity contribution in [2.24, 2.45) is 7.05 Å². The Morgan fingerprint density at radius 2 is 1.97 bits per heavy atom. The van der Waals surface area contributed by atoms with E-state index in [9.17, 15) is 14.7 Å². The molecule has 1 saturated heterocycles. The Balaban J connectivity index is 1.25. The lowest BCUT2D eigenvalue weighted by molar-refractivity contribution is 0.0591. The van der Waals surface area contributed by atoms with Gasteiger partial charge in [-0.3, -0.25) is 14.5 Å². The summed E-state index contributed by atoms with van der Waals surface area (Å²) in [6.45, 7) is 5.13. The van der Waals surface area contributed by atoms with E-state index in [0.29, 0.717) is 43.9 Å². The third-order valence-electron chi connectivity index (χ3n) is 5.92. The van der Waals surface area contributed by atoms with Crippen LogP contribution in [0.15, 0.2) is 35.1 Å². The molecule has 1 fully saturated rings. The Hall–Kier alpha value is -2.58. The van der Waals surface area contributed by atoms with Gasteiger partial charge in [-0.15, -0.1) is 0 Å². The number of hydrogen-bond donors (Lipinski definition) is 1. The van der Waals surface area contributed by atoms with Gasteiger partial charge >= 0.3 is 0 Å². The molecule has 0 saturated carbocycles. The maximum atomic E-state index is 12.8. The summed E-state index contributed by atoms with van der Waals surface area (Å²) in [6, 6.07) is 5.22. The van der Waals surface area contributed by atoms with Crippen LogP contribution in [0.2, 0.25) is 0 Å². The zero-order valence-corrected chi connectivity index (χ0v) is 16.8. The number of fused-ring (bicyclic) bond motifs is 1. The number of aliphatic hydroxyl groups is 1. The van der Waals surface area contributed by atoms with Gasteiger partial charge < -0.3 is 23.9 Å². The molecular weight excluding hydrogens is 372 g/mol. The first kappa shape index (κ1) is 19.7. The fourth-order valence-electron chi connectivity index (χ4n) is 4.25. The predicted molar refractivity (Wildman–Crippen MR) is 107 cm³/mol. The van der Waals surface area contributed by atoms with E-state index in [1.807, 2.05) is 27.6 Å². The van der Waals surface area contributed by atoms with Gasteiger partial charge in [0.25, 0.3) is 11.8 Å². The molecular formula is C21H28N4O4. The second kappa shape index (κ2) is 8.42. The van der Waals surface area contributed by atoms with Crippen molar-refractivity contribution < 1.29 is 19.1 Å². The van der Waals surface area contributed by atoms with E-state index in [4.69, 9.17) is 4.42 Å². The minimum absolute atomic E-state index is 0.00557. The summed E-state index contributed by atoms with van der Waals surface area (Å²) >= 11 is 0. The molecule has 2 aliphatic rings. The number of piperazine rings is 1. The summed E-state index contributed by atoms with van der Waals surface area (Å²) in [6.07, 6.45) is 4.18. The number of hydrogen-bond acceptors (Lipinski definition) is 5. The number of carbonyl (C=O) groups excluding carboxylic acids is 2. The Bertz CT molecular complexity index is 852. The van der Waals surface area contributed by atoms with Crippen LogP contribution in [0, 0.1) is 0 Å². The van der Waals surface area contributed by atoms with Crippen LogP contribution >= 0.6 is 0 Å². The molecule has 8 heteroatoms. The topological polar surface area (TPSA) is 82.2 Å².